The predicted octanol–water partition coefficient (Wildman–Crippen LogP) is 2.95. The van der Waals surface area contributed by atoms with Gasteiger partial charge in [-0.2, -0.15) is 0 Å². The van der Waals surface area contributed by atoms with Crippen LogP contribution in [-0.4, -0.2) is 33.8 Å². The Morgan fingerprint density at radius 1 is 0.931 bits per heavy atom. The lowest BCUT2D eigenvalue weighted by Gasteiger charge is -2.07. The molecule has 4 rings (SSSR count). The summed E-state index contributed by atoms with van der Waals surface area (Å²) >= 11 is 1.41. The number of rotatable bonds is 4. The fourth-order valence-corrected chi connectivity index (χ4v) is 3.44. The first-order chi connectivity index (χ1) is 14.0. The summed E-state index contributed by atoms with van der Waals surface area (Å²) in [6.45, 7) is 0. The molecule has 29 heavy (non-hydrogen) atoms. The van der Waals surface area contributed by atoms with E-state index in [9.17, 15) is 9.59 Å². The number of nitrogens with one attached hydrogen (secondary N) is 2. The molecule has 0 aliphatic rings. The average Bonchev–Trinajstić information content (AvgIpc) is 3.19. The van der Waals surface area contributed by atoms with Gasteiger partial charge in [-0.3, -0.25) is 14.6 Å². The number of anilines is 2. The number of nitrogens with zero attached hydrogens (tertiary/aromatic N) is 3. The fraction of sp³-hybridized carbons (Fsp3) is 0.0500. The van der Waals surface area contributed by atoms with E-state index in [0.29, 0.717) is 16.5 Å². The smallest absolute Gasteiger partial charge is 0.269 e. The van der Waals surface area contributed by atoms with Crippen molar-refractivity contribution >= 4 is 44.9 Å². The first-order valence-electron chi connectivity index (χ1n) is 8.64. The normalized spacial score (nSPS) is 10.7. The largest absolute Gasteiger partial charge is 0.375 e. The highest BCUT2D eigenvalue weighted by atomic mass is 32.1. The second-order valence-corrected chi connectivity index (χ2v) is 7.22. The maximum absolute atomic E-state index is 12.5. The van der Waals surface area contributed by atoms with Crippen molar-refractivity contribution < 1.29 is 9.59 Å². The summed E-state index contributed by atoms with van der Waals surface area (Å²) in [5.41, 5.74) is 7.28. The Morgan fingerprint density at radius 3 is 2.48 bits per heavy atom. The van der Waals surface area contributed by atoms with Crippen LogP contribution >= 0.6 is 11.3 Å². The Balaban J connectivity index is 1.57. The van der Waals surface area contributed by atoms with Crippen molar-refractivity contribution in [2.75, 3.05) is 18.1 Å². The van der Waals surface area contributed by atoms with Crippen molar-refractivity contribution in [1.29, 1.82) is 0 Å². The molecule has 0 atom stereocenters. The number of hydrogen-bond donors (Lipinski definition) is 3. The quantitative estimate of drug-likeness (QED) is 0.481. The lowest BCUT2D eigenvalue weighted by molar-refractivity contribution is 0.0955. The summed E-state index contributed by atoms with van der Waals surface area (Å²) in [7, 11) is 1.52. The van der Waals surface area contributed by atoms with Gasteiger partial charge in [-0.15, -0.1) is 0 Å². The molecule has 0 aliphatic heterocycles. The number of pyridine rings is 2. The van der Waals surface area contributed by atoms with Gasteiger partial charge in [0, 0.05) is 31.0 Å². The topological polar surface area (TPSA) is 123 Å². The fourth-order valence-electron chi connectivity index (χ4n) is 2.76. The molecule has 8 nitrogen and oxygen atoms in total. The van der Waals surface area contributed by atoms with Crippen molar-refractivity contribution in [3.05, 3.63) is 66.2 Å². The van der Waals surface area contributed by atoms with Crippen LogP contribution in [0.15, 0.2) is 55.0 Å². The van der Waals surface area contributed by atoms with Crippen LogP contribution in [0.25, 0.3) is 21.2 Å². The van der Waals surface area contributed by atoms with E-state index in [0.717, 1.165) is 21.2 Å². The number of benzene rings is 1. The Kier molecular flexibility index (Phi) is 4.88. The number of aromatic nitrogens is 3. The number of carbonyl (C=O) groups is 2. The lowest BCUT2D eigenvalue weighted by atomic mass is 10.1. The molecule has 0 saturated carbocycles. The van der Waals surface area contributed by atoms with E-state index < -0.39 is 0 Å². The zero-order valence-electron chi connectivity index (χ0n) is 15.3. The first kappa shape index (κ1) is 18.5. The van der Waals surface area contributed by atoms with Gasteiger partial charge in [0.25, 0.3) is 11.8 Å². The summed E-state index contributed by atoms with van der Waals surface area (Å²) in [5, 5.41) is 7.62. The molecule has 0 saturated heterocycles. The molecule has 0 spiro atoms. The third-order valence-electron chi connectivity index (χ3n) is 4.26. The summed E-state index contributed by atoms with van der Waals surface area (Å²) in [5.74, 6) is -0.260. The Labute approximate surface area is 169 Å². The minimum Gasteiger partial charge on any atom is -0.375 e. The minimum absolute atomic E-state index is 0.240. The number of amides is 2. The van der Waals surface area contributed by atoms with Gasteiger partial charge in [0.1, 0.15) is 11.5 Å². The summed E-state index contributed by atoms with van der Waals surface area (Å²) < 4.78 is 0. The van der Waals surface area contributed by atoms with Gasteiger partial charge in [-0.05, 0) is 35.2 Å². The molecule has 144 valence electrons. The molecule has 0 fully saturated rings. The average molecular weight is 404 g/mol. The number of thiazole rings is 1. The molecule has 9 heteroatoms. The second kappa shape index (κ2) is 7.64. The van der Waals surface area contributed by atoms with E-state index in [4.69, 9.17) is 5.73 Å². The van der Waals surface area contributed by atoms with Crippen LogP contribution < -0.4 is 16.4 Å². The Morgan fingerprint density at radius 2 is 1.79 bits per heavy atom. The highest BCUT2D eigenvalue weighted by Gasteiger charge is 2.11. The second-order valence-electron chi connectivity index (χ2n) is 6.16. The van der Waals surface area contributed by atoms with Gasteiger partial charge in [0.05, 0.1) is 10.4 Å². The molecule has 4 N–H and O–H groups in total. The molecule has 2 amide bonds. The van der Waals surface area contributed by atoms with Crippen molar-refractivity contribution in [1.82, 2.24) is 20.3 Å². The molecule has 0 radical (unpaired) electrons. The van der Waals surface area contributed by atoms with Crippen molar-refractivity contribution in [3.63, 3.8) is 0 Å². The van der Waals surface area contributed by atoms with Crippen molar-refractivity contribution in [2.45, 2.75) is 0 Å². The van der Waals surface area contributed by atoms with E-state index in [-0.39, 0.29) is 17.5 Å². The molecule has 1 aromatic carbocycles. The van der Waals surface area contributed by atoms with Crippen LogP contribution in [0, 0.1) is 0 Å². The molecule has 0 unspecified atom stereocenters. The van der Waals surface area contributed by atoms with Crippen LogP contribution in [0.3, 0.4) is 0 Å². The van der Waals surface area contributed by atoms with Crippen molar-refractivity contribution in [2.24, 2.45) is 0 Å². The minimum atomic E-state index is -0.362. The molecular weight excluding hydrogens is 388 g/mol. The zero-order chi connectivity index (χ0) is 20.4. The summed E-state index contributed by atoms with van der Waals surface area (Å²) in [6, 6.07) is 10.8. The third kappa shape index (κ3) is 3.90. The standard InChI is InChI=1S/C20H16N6O2S/c1-22-19(28)15-5-4-13(9-23-15)18(27)26-17-7-14-6-11(2-3-12(14)8-24-17)16-10-25-20(21)29-16/h2-10H,1H3,(H2,21,25)(H,22,28)(H,24,26,27). The number of hydrogen-bond acceptors (Lipinski definition) is 7. The van der Waals surface area contributed by atoms with Crippen LogP contribution in [0.2, 0.25) is 0 Å². The number of nitrogens with two attached hydrogens (primary N) is 1. The van der Waals surface area contributed by atoms with Gasteiger partial charge in [-0.25, -0.2) is 9.97 Å². The third-order valence-corrected chi connectivity index (χ3v) is 5.13. The molecule has 3 aromatic heterocycles. The Bertz CT molecular complexity index is 1220. The van der Waals surface area contributed by atoms with Crippen LogP contribution in [0.4, 0.5) is 10.9 Å². The van der Waals surface area contributed by atoms with E-state index in [1.165, 1.54) is 30.6 Å². The molecule has 0 aliphatic carbocycles. The van der Waals surface area contributed by atoms with Gasteiger partial charge in [0.15, 0.2) is 5.13 Å². The number of carbonyl (C=O) groups excluding carboxylic acids is 2. The van der Waals surface area contributed by atoms with Crippen LogP contribution in [-0.2, 0) is 0 Å². The number of nitrogen functional groups attached to an aromatic ring is 1. The molecule has 3 heterocycles. The van der Waals surface area contributed by atoms with E-state index >= 15 is 0 Å². The van der Waals surface area contributed by atoms with Gasteiger partial charge in [-0.1, -0.05) is 23.5 Å². The maximum atomic E-state index is 12.5. The maximum Gasteiger partial charge on any atom is 0.269 e. The van der Waals surface area contributed by atoms with Crippen LogP contribution in [0.5, 0.6) is 0 Å². The Hall–Kier alpha value is -3.85. The van der Waals surface area contributed by atoms with E-state index in [2.05, 4.69) is 25.6 Å². The van der Waals surface area contributed by atoms with Gasteiger partial charge >= 0.3 is 0 Å². The SMILES string of the molecule is CNC(=O)c1ccc(C(=O)Nc2cc3cc(-c4cnc(N)s4)ccc3cn2)cn1. The summed E-state index contributed by atoms with van der Waals surface area (Å²) in [4.78, 5) is 37.4. The van der Waals surface area contributed by atoms with Gasteiger partial charge < -0.3 is 16.4 Å². The van der Waals surface area contributed by atoms with Gasteiger partial charge in [0.2, 0.25) is 0 Å². The van der Waals surface area contributed by atoms with Crippen molar-refractivity contribution in [3.8, 4) is 10.4 Å². The molecular formula is C20H16N6O2S. The predicted molar refractivity (Wildman–Crippen MR) is 113 cm³/mol. The lowest BCUT2D eigenvalue weighted by Crippen LogP contribution is -2.20. The van der Waals surface area contributed by atoms with Crippen LogP contribution in [0.1, 0.15) is 20.8 Å². The highest BCUT2D eigenvalue weighted by molar-refractivity contribution is 7.18. The molecule has 4 aromatic rings. The first-order valence-corrected chi connectivity index (χ1v) is 9.46. The number of fused-ring (bicyclic) bond motifs is 1. The highest BCUT2D eigenvalue weighted by Crippen LogP contribution is 2.30. The zero-order valence-corrected chi connectivity index (χ0v) is 16.2. The van der Waals surface area contributed by atoms with E-state index in [1.54, 1.807) is 24.5 Å². The monoisotopic (exact) mass is 404 g/mol. The summed E-state index contributed by atoms with van der Waals surface area (Å²) in [6.07, 6.45) is 4.79. The molecule has 0 bridgehead atoms. The van der Waals surface area contributed by atoms with E-state index in [1.807, 2.05) is 18.2 Å².